The highest BCUT2D eigenvalue weighted by molar-refractivity contribution is 7.82. The van der Waals surface area contributed by atoms with E-state index < -0.39 is 5.66 Å². The number of amides is 1. The third-order valence-electron chi connectivity index (χ3n) is 5.45. The van der Waals surface area contributed by atoms with E-state index in [9.17, 15) is 4.79 Å². The zero-order chi connectivity index (χ0) is 19.7. The molecule has 0 N–H and O–H groups in total. The smallest absolute Gasteiger partial charge is 0.260 e. The monoisotopic (exact) mass is 412 g/mol. The first-order valence-electron chi connectivity index (χ1n) is 9.43. The number of carbonyl (C=O) groups excluding carboxylic acids is 1. The number of halogens is 1. The SMILES string of the molecule is COc1ccc(C(=O)N2C(=S)C(c3ccc(Cl)cc3)=NC23CCCCC3)cc1. The topological polar surface area (TPSA) is 41.9 Å². The summed E-state index contributed by atoms with van der Waals surface area (Å²) in [6.07, 6.45) is 4.88. The molecule has 0 saturated heterocycles. The summed E-state index contributed by atoms with van der Waals surface area (Å²) in [4.78, 5) is 20.7. The van der Waals surface area contributed by atoms with Crippen molar-refractivity contribution >= 4 is 40.4 Å². The number of rotatable bonds is 3. The van der Waals surface area contributed by atoms with Gasteiger partial charge in [-0.1, -0.05) is 42.4 Å². The Morgan fingerprint density at radius 2 is 1.71 bits per heavy atom. The van der Waals surface area contributed by atoms with Gasteiger partial charge in [0.25, 0.3) is 5.91 Å². The molecular weight excluding hydrogens is 392 g/mol. The van der Waals surface area contributed by atoms with E-state index in [0.29, 0.717) is 27.0 Å². The first-order valence-corrected chi connectivity index (χ1v) is 10.2. The molecule has 1 amide bonds. The minimum Gasteiger partial charge on any atom is -0.497 e. The van der Waals surface area contributed by atoms with Gasteiger partial charge in [-0.15, -0.1) is 0 Å². The lowest BCUT2D eigenvalue weighted by molar-refractivity contribution is 0.0648. The lowest BCUT2D eigenvalue weighted by Gasteiger charge is -2.38. The number of hydrogen-bond acceptors (Lipinski definition) is 4. The molecule has 2 aromatic carbocycles. The molecule has 1 fully saturated rings. The largest absolute Gasteiger partial charge is 0.497 e. The summed E-state index contributed by atoms with van der Waals surface area (Å²) in [5.41, 5.74) is 1.60. The number of hydrogen-bond donors (Lipinski definition) is 0. The fraction of sp³-hybridized carbons (Fsp3) is 0.318. The summed E-state index contributed by atoms with van der Waals surface area (Å²) in [5.74, 6) is 0.605. The van der Waals surface area contributed by atoms with Crippen molar-refractivity contribution < 1.29 is 9.53 Å². The molecule has 0 unspecified atom stereocenters. The van der Waals surface area contributed by atoms with Crippen LogP contribution in [-0.4, -0.2) is 34.3 Å². The summed E-state index contributed by atoms with van der Waals surface area (Å²) in [6.45, 7) is 0. The van der Waals surface area contributed by atoms with Crippen LogP contribution in [0, 0.1) is 0 Å². The van der Waals surface area contributed by atoms with Crippen molar-refractivity contribution in [2.75, 3.05) is 7.11 Å². The molecule has 1 aliphatic carbocycles. The third-order valence-corrected chi connectivity index (χ3v) is 6.08. The molecule has 28 heavy (non-hydrogen) atoms. The van der Waals surface area contributed by atoms with Crippen molar-refractivity contribution in [2.45, 2.75) is 37.8 Å². The van der Waals surface area contributed by atoms with Crippen LogP contribution in [0.5, 0.6) is 5.75 Å². The summed E-state index contributed by atoms with van der Waals surface area (Å²) < 4.78 is 5.21. The van der Waals surface area contributed by atoms with E-state index in [1.807, 2.05) is 24.3 Å². The van der Waals surface area contributed by atoms with Crippen molar-refractivity contribution in [1.82, 2.24) is 4.90 Å². The van der Waals surface area contributed by atoms with E-state index >= 15 is 0 Å². The predicted octanol–water partition coefficient (Wildman–Crippen LogP) is 5.28. The number of thiocarbonyl (C=S) groups is 1. The van der Waals surface area contributed by atoms with E-state index in [4.69, 9.17) is 33.5 Å². The standard InChI is InChI=1S/C22H21ClN2O2S/c1-27-18-11-7-16(8-12-18)20(26)25-21(28)19(15-5-9-17(23)10-6-15)24-22(25)13-3-2-4-14-22/h5-12H,2-4,13-14H2,1H3. The van der Waals surface area contributed by atoms with E-state index in [1.165, 1.54) is 0 Å². The van der Waals surface area contributed by atoms with Crippen LogP contribution < -0.4 is 4.74 Å². The maximum Gasteiger partial charge on any atom is 0.260 e. The number of ether oxygens (including phenoxy) is 1. The second-order valence-corrected chi connectivity index (χ2v) is 8.01. The molecule has 2 aliphatic rings. The van der Waals surface area contributed by atoms with Crippen molar-refractivity contribution in [2.24, 2.45) is 4.99 Å². The summed E-state index contributed by atoms with van der Waals surface area (Å²) >= 11 is 11.8. The maximum absolute atomic E-state index is 13.5. The first-order chi connectivity index (χ1) is 13.5. The van der Waals surface area contributed by atoms with Gasteiger partial charge >= 0.3 is 0 Å². The van der Waals surface area contributed by atoms with Crippen molar-refractivity contribution in [3.8, 4) is 5.75 Å². The first kappa shape index (κ1) is 19.1. The Kier molecular flexibility index (Phi) is 5.21. The number of benzene rings is 2. The Morgan fingerprint density at radius 3 is 2.32 bits per heavy atom. The van der Waals surface area contributed by atoms with Gasteiger partial charge in [0.2, 0.25) is 0 Å². The molecule has 0 aromatic heterocycles. The van der Waals surface area contributed by atoms with E-state index in [2.05, 4.69) is 0 Å². The van der Waals surface area contributed by atoms with Crippen molar-refractivity contribution in [1.29, 1.82) is 0 Å². The molecule has 2 aromatic rings. The zero-order valence-electron chi connectivity index (χ0n) is 15.7. The van der Waals surface area contributed by atoms with Crippen molar-refractivity contribution in [3.05, 3.63) is 64.7 Å². The van der Waals surface area contributed by atoms with Crippen LogP contribution in [-0.2, 0) is 0 Å². The molecule has 0 atom stereocenters. The predicted molar refractivity (Wildman–Crippen MR) is 116 cm³/mol. The van der Waals surface area contributed by atoms with Gasteiger partial charge in [0.1, 0.15) is 22.1 Å². The average Bonchev–Trinajstić information content (AvgIpc) is 3.00. The molecule has 0 radical (unpaired) electrons. The fourth-order valence-electron chi connectivity index (χ4n) is 3.99. The van der Waals surface area contributed by atoms with Gasteiger partial charge in [0, 0.05) is 16.1 Å². The van der Waals surface area contributed by atoms with Gasteiger partial charge in [-0.3, -0.25) is 14.7 Å². The normalized spacial score (nSPS) is 18.3. The highest BCUT2D eigenvalue weighted by Crippen LogP contribution is 2.41. The third kappa shape index (κ3) is 3.33. The molecule has 0 bridgehead atoms. The molecule has 144 valence electrons. The molecular formula is C22H21ClN2O2S. The van der Waals surface area contributed by atoms with Crippen LogP contribution >= 0.6 is 23.8 Å². The van der Waals surface area contributed by atoms with Gasteiger partial charge in [-0.25, -0.2) is 0 Å². The summed E-state index contributed by atoms with van der Waals surface area (Å²) in [7, 11) is 1.61. The molecule has 4 rings (SSSR count). The van der Waals surface area contributed by atoms with Gasteiger partial charge in [0.15, 0.2) is 0 Å². The Hall–Kier alpha value is -2.24. The summed E-state index contributed by atoms with van der Waals surface area (Å²) in [5, 5.41) is 0.659. The lowest BCUT2D eigenvalue weighted by Crippen LogP contribution is -2.50. The van der Waals surface area contributed by atoms with Gasteiger partial charge in [-0.05, 0) is 62.1 Å². The van der Waals surface area contributed by atoms with E-state index in [0.717, 1.165) is 37.7 Å². The highest BCUT2D eigenvalue weighted by Gasteiger charge is 2.48. The van der Waals surface area contributed by atoms with Gasteiger partial charge in [0.05, 0.1) is 7.11 Å². The number of aliphatic imine (C=N–C) groups is 1. The molecule has 1 saturated carbocycles. The van der Waals surface area contributed by atoms with Crippen molar-refractivity contribution in [3.63, 3.8) is 0 Å². The fourth-order valence-corrected chi connectivity index (χ4v) is 4.54. The molecule has 4 nitrogen and oxygen atoms in total. The second-order valence-electron chi connectivity index (χ2n) is 7.18. The Labute approximate surface area is 175 Å². The zero-order valence-corrected chi connectivity index (χ0v) is 17.2. The van der Waals surface area contributed by atoms with E-state index in [-0.39, 0.29) is 5.91 Å². The Balaban J connectivity index is 1.73. The van der Waals surface area contributed by atoms with Gasteiger partial charge in [-0.2, -0.15) is 0 Å². The molecule has 1 spiro atoms. The average molecular weight is 413 g/mol. The number of nitrogens with zero attached hydrogens (tertiary/aromatic N) is 2. The molecule has 6 heteroatoms. The van der Waals surface area contributed by atoms with Crippen LogP contribution in [0.15, 0.2) is 53.5 Å². The van der Waals surface area contributed by atoms with Gasteiger partial charge < -0.3 is 4.74 Å². The Morgan fingerprint density at radius 1 is 1.07 bits per heavy atom. The van der Waals surface area contributed by atoms with Crippen LogP contribution in [0.4, 0.5) is 0 Å². The highest BCUT2D eigenvalue weighted by atomic mass is 35.5. The van der Waals surface area contributed by atoms with Crippen LogP contribution in [0.2, 0.25) is 5.02 Å². The van der Waals surface area contributed by atoms with Crippen LogP contribution in [0.25, 0.3) is 0 Å². The number of methoxy groups -OCH3 is 1. The van der Waals surface area contributed by atoms with Crippen LogP contribution in [0.3, 0.4) is 0 Å². The number of carbonyl (C=O) groups is 1. The second kappa shape index (κ2) is 7.64. The minimum atomic E-state index is -0.582. The lowest BCUT2D eigenvalue weighted by atomic mass is 9.88. The minimum absolute atomic E-state index is 0.109. The summed E-state index contributed by atoms with van der Waals surface area (Å²) in [6, 6.07) is 14.6. The Bertz CT molecular complexity index is 932. The quantitative estimate of drug-likeness (QED) is 0.644. The van der Waals surface area contributed by atoms with E-state index in [1.54, 1.807) is 36.3 Å². The van der Waals surface area contributed by atoms with Crippen LogP contribution in [0.1, 0.15) is 48.0 Å². The maximum atomic E-state index is 13.5. The molecule has 1 heterocycles. The molecule has 1 aliphatic heterocycles.